The van der Waals surface area contributed by atoms with Crippen LogP contribution in [0.3, 0.4) is 0 Å². The van der Waals surface area contributed by atoms with Gasteiger partial charge in [0.15, 0.2) is 5.82 Å². The predicted molar refractivity (Wildman–Crippen MR) is 69.4 cm³/mol. The van der Waals surface area contributed by atoms with Crippen LogP contribution in [0.5, 0.6) is 0 Å². The Morgan fingerprint density at radius 2 is 2.50 bits per heavy atom. The summed E-state index contributed by atoms with van der Waals surface area (Å²) in [6.45, 7) is 4.15. The lowest BCUT2D eigenvalue weighted by Gasteiger charge is -2.20. The van der Waals surface area contributed by atoms with E-state index in [0.717, 1.165) is 35.9 Å². The van der Waals surface area contributed by atoms with Gasteiger partial charge in [0.2, 0.25) is 0 Å². The van der Waals surface area contributed by atoms with Crippen LogP contribution in [-0.4, -0.2) is 28.2 Å². The number of aromatic nitrogens is 3. The van der Waals surface area contributed by atoms with Gasteiger partial charge < -0.3 is 9.84 Å². The van der Waals surface area contributed by atoms with Crippen molar-refractivity contribution in [1.29, 1.82) is 0 Å². The second kappa shape index (κ2) is 5.16. The van der Waals surface area contributed by atoms with Crippen molar-refractivity contribution in [2.24, 2.45) is 5.92 Å². The molecule has 1 unspecified atom stereocenters. The summed E-state index contributed by atoms with van der Waals surface area (Å²) < 4.78 is 5.32. The Bertz CT molecular complexity index is 516. The lowest BCUT2D eigenvalue weighted by molar-refractivity contribution is 0.360. The molecule has 1 saturated heterocycles. The summed E-state index contributed by atoms with van der Waals surface area (Å²) >= 11 is 1.54. The van der Waals surface area contributed by atoms with Gasteiger partial charge in [-0.25, -0.2) is 4.98 Å². The Balaban J connectivity index is 1.71. The van der Waals surface area contributed by atoms with E-state index in [1.54, 1.807) is 16.8 Å². The molecule has 0 amide bonds. The molecule has 2 aromatic heterocycles. The molecule has 1 N–H and O–H groups in total. The molecule has 0 radical (unpaired) electrons. The largest absolute Gasteiger partial charge is 0.333 e. The first-order valence-corrected chi connectivity index (χ1v) is 7.14. The van der Waals surface area contributed by atoms with Gasteiger partial charge in [0.05, 0.1) is 11.2 Å². The van der Waals surface area contributed by atoms with Gasteiger partial charge in [0.1, 0.15) is 4.88 Å². The Hall–Kier alpha value is -1.27. The molecule has 2 aromatic rings. The molecule has 18 heavy (non-hydrogen) atoms. The molecule has 5 nitrogen and oxygen atoms in total. The van der Waals surface area contributed by atoms with Crippen molar-refractivity contribution in [1.82, 2.24) is 20.4 Å². The molecule has 6 heteroatoms. The summed E-state index contributed by atoms with van der Waals surface area (Å²) in [5.74, 6) is 2.05. The van der Waals surface area contributed by atoms with E-state index in [0.29, 0.717) is 11.8 Å². The third-order valence-corrected chi connectivity index (χ3v) is 4.19. The van der Waals surface area contributed by atoms with Crippen molar-refractivity contribution in [2.75, 3.05) is 13.1 Å². The van der Waals surface area contributed by atoms with Crippen LogP contribution in [0.2, 0.25) is 0 Å². The number of nitrogens with zero attached hydrogens (tertiary/aromatic N) is 3. The van der Waals surface area contributed by atoms with Crippen LogP contribution in [-0.2, 0) is 6.42 Å². The van der Waals surface area contributed by atoms with E-state index in [2.05, 4.69) is 20.4 Å². The Morgan fingerprint density at radius 3 is 3.22 bits per heavy atom. The maximum atomic E-state index is 5.32. The van der Waals surface area contributed by atoms with Crippen LogP contribution in [0.1, 0.15) is 24.4 Å². The van der Waals surface area contributed by atoms with Gasteiger partial charge in [0, 0.05) is 6.42 Å². The Labute approximate surface area is 110 Å². The SMILES string of the molecule is Cc1ncsc1-c1nc(CC2CCCNC2)no1. The van der Waals surface area contributed by atoms with E-state index >= 15 is 0 Å². The average Bonchev–Trinajstić information content (AvgIpc) is 2.99. The third-order valence-electron chi connectivity index (χ3n) is 3.28. The maximum absolute atomic E-state index is 5.32. The zero-order valence-electron chi connectivity index (χ0n) is 10.3. The van der Waals surface area contributed by atoms with Gasteiger partial charge in [-0.1, -0.05) is 5.16 Å². The number of hydrogen-bond acceptors (Lipinski definition) is 6. The van der Waals surface area contributed by atoms with Crippen LogP contribution >= 0.6 is 11.3 Å². The Morgan fingerprint density at radius 1 is 1.56 bits per heavy atom. The van der Waals surface area contributed by atoms with Crippen LogP contribution < -0.4 is 5.32 Å². The van der Waals surface area contributed by atoms with Crippen molar-refractivity contribution < 1.29 is 4.52 Å². The third kappa shape index (κ3) is 2.44. The lowest BCUT2D eigenvalue weighted by atomic mass is 9.96. The molecule has 1 atom stereocenters. The monoisotopic (exact) mass is 264 g/mol. The van der Waals surface area contributed by atoms with E-state index in [-0.39, 0.29) is 0 Å². The molecule has 0 spiro atoms. The van der Waals surface area contributed by atoms with Gasteiger partial charge in [-0.3, -0.25) is 0 Å². The topological polar surface area (TPSA) is 63.8 Å². The molecule has 1 aliphatic heterocycles. The van der Waals surface area contributed by atoms with Gasteiger partial charge in [-0.05, 0) is 38.8 Å². The van der Waals surface area contributed by atoms with Crippen LogP contribution in [0.4, 0.5) is 0 Å². The highest BCUT2D eigenvalue weighted by molar-refractivity contribution is 7.13. The van der Waals surface area contributed by atoms with Crippen molar-refractivity contribution in [3.63, 3.8) is 0 Å². The molecule has 0 aromatic carbocycles. The summed E-state index contributed by atoms with van der Waals surface area (Å²) in [5, 5.41) is 7.48. The minimum Gasteiger partial charge on any atom is -0.333 e. The van der Waals surface area contributed by atoms with Crippen molar-refractivity contribution >= 4 is 11.3 Å². The molecule has 96 valence electrons. The molecular weight excluding hydrogens is 248 g/mol. The van der Waals surface area contributed by atoms with Gasteiger partial charge >= 0.3 is 0 Å². The zero-order chi connectivity index (χ0) is 12.4. The molecular formula is C12H16N4OS. The first-order chi connectivity index (χ1) is 8.83. The lowest BCUT2D eigenvalue weighted by Crippen LogP contribution is -2.31. The van der Waals surface area contributed by atoms with Gasteiger partial charge in [0.25, 0.3) is 5.89 Å². The quantitative estimate of drug-likeness (QED) is 0.919. The fourth-order valence-electron chi connectivity index (χ4n) is 2.29. The minimum atomic E-state index is 0.605. The fraction of sp³-hybridized carbons (Fsp3) is 0.583. The van der Waals surface area contributed by atoms with Crippen molar-refractivity contribution in [2.45, 2.75) is 26.2 Å². The van der Waals surface area contributed by atoms with E-state index < -0.39 is 0 Å². The highest BCUT2D eigenvalue weighted by atomic mass is 32.1. The summed E-state index contributed by atoms with van der Waals surface area (Å²) in [6, 6.07) is 0. The number of hydrogen-bond donors (Lipinski definition) is 1. The molecule has 0 bridgehead atoms. The Kier molecular flexibility index (Phi) is 3.38. The number of piperidine rings is 1. The van der Waals surface area contributed by atoms with Gasteiger partial charge in [-0.15, -0.1) is 11.3 Å². The van der Waals surface area contributed by atoms with Crippen molar-refractivity contribution in [3.05, 3.63) is 17.0 Å². The average molecular weight is 264 g/mol. The number of thiazole rings is 1. The highest BCUT2D eigenvalue weighted by Gasteiger charge is 2.18. The van der Waals surface area contributed by atoms with E-state index in [1.165, 1.54) is 12.8 Å². The fourth-order valence-corrected chi connectivity index (χ4v) is 3.02. The smallest absolute Gasteiger partial charge is 0.269 e. The zero-order valence-corrected chi connectivity index (χ0v) is 11.2. The molecule has 3 rings (SSSR count). The first kappa shape index (κ1) is 11.8. The normalized spacial score (nSPS) is 20.2. The van der Waals surface area contributed by atoms with E-state index in [4.69, 9.17) is 4.52 Å². The number of nitrogens with one attached hydrogen (secondary N) is 1. The number of rotatable bonds is 3. The molecule has 3 heterocycles. The van der Waals surface area contributed by atoms with Crippen molar-refractivity contribution in [3.8, 4) is 10.8 Å². The second-order valence-electron chi connectivity index (χ2n) is 4.70. The predicted octanol–water partition coefficient (Wildman–Crippen LogP) is 2.04. The van der Waals surface area contributed by atoms with Crippen LogP contribution in [0.25, 0.3) is 10.8 Å². The second-order valence-corrected chi connectivity index (χ2v) is 5.55. The standard InChI is InChI=1S/C12H16N4OS/c1-8-11(18-7-14-8)12-15-10(16-17-12)5-9-3-2-4-13-6-9/h7,9,13H,2-6H2,1H3. The maximum Gasteiger partial charge on any atom is 0.269 e. The van der Waals surface area contributed by atoms with E-state index in [1.807, 2.05) is 6.92 Å². The first-order valence-electron chi connectivity index (χ1n) is 6.26. The molecule has 0 saturated carbocycles. The highest BCUT2D eigenvalue weighted by Crippen LogP contribution is 2.26. The molecule has 0 aliphatic carbocycles. The summed E-state index contributed by atoms with van der Waals surface area (Å²) in [6.07, 6.45) is 3.38. The van der Waals surface area contributed by atoms with Crippen LogP contribution in [0, 0.1) is 12.8 Å². The number of aryl methyl sites for hydroxylation is 1. The summed E-state index contributed by atoms with van der Waals surface area (Å²) in [5.41, 5.74) is 2.76. The van der Waals surface area contributed by atoms with E-state index in [9.17, 15) is 0 Å². The van der Waals surface area contributed by atoms with Crippen LogP contribution in [0.15, 0.2) is 10.0 Å². The van der Waals surface area contributed by atoms with Gasteiger partial charge in [-0.2, -0.15) is 4.98 Å². The molecule has 1 aliphatic rings. The minimum absolute atomic E-state index is 0.605. The molecule has 1 fully saturated rings. The summed E-state index contributed by atoms with van der Waals surface area (Å²) in [4.78, 5) is 9.65. The summed E-state index contributed by atoms with van der Waals surface area (Å²) in [7, 11) is 0.